The maximum atomic E-state index is 14.0. The summed E-state index contributed by atoms with van der Waals surface area (Å²) in [5.41, 5.74) is 1.02. The summed E-state index contributed by atoms with van der Waals surface area (Å²) in [4.78, 5) is 28.7. The molecule has 0 bridgehead atoms. The van der Waals surface area contributed by atoms with Crippen LogP contribution in [0.5, 0.6) is 11.5 Å². The van der Waals surface area contributed by atoms with E-state index in [9.17, 15) is 18.4 Å². The third-order valence-corrected chi connectivity index (χ3v) is 6.45. The van der Waals surface area contributed by atoms with Crippen molar-refractivity contribution < 1.29 is 27.5 Å². The van der Waals surface area contributed by atoms with Crippen LogP contribution in [0.1, 0.15) is 53.1 Å². The van der Waals surface area contributed by atoms with Gasteiger partial charge in [0.15, 0.2) is 16.9 Å². The number of unbranched alkanes of at least 4 members (excludes halogenated alkanes) is 1. The number of carbonyl (C=O) groups excluding carboxylic acids is 1. The van der Waals surface area contributed by atoms with Gasteiger partial charge in [0.2, 0.25) is 5.76 Å². The molecule has 0 saturated heterocycles. The van der Waals surface area contributed by atoms with Gasteiger partial charge in [-0.15, -0.1) is 0 Å². The minimum absolute atomic E-state index is 0.0478. The number of hydrogen-bond donors (Lipinski definition) is 0. The lowest BCUT2D eigenvalue weighted by atomic mass is 9.97. The van der Waals surface area contributed by atoms with Crippen LogP contribution >= 0.6 is 0 Å². The van der Waals surface area contributed by atoms with Crippen LogP contribution in [0.2, 0.25) is 0 Å². The molecule has 1 aliphatic heterocycles. The lowest BCUT2D eigenvalue weighted by Gasteiger charge is -2.26. The van der Waals surface area contributed by atoms with Gasteiger partial charge in [-0.2, -0.15) is 0 Å². The molecule has 4 aromatic rings. The van der Waals surface area contributed by atoms with Gasteiger partial charge < -0.3 is 18.8 Å². The Morgan fingerprint density at radius 3 is 2.43 bits per heavy atom. The number of hydrogen-bond acceptors (Lipinski definition) is 5. The Morgan fingerprint density at radius 1 is 0.946 bits per heavy atom. The molecule has 37 heavy (non-hydrogen) atoms. The molecule has 5 rings (SSSR count). The van der Waals surface area contributed by atoms with Gasteiger partial charge in [0.25, 0.3) is 5.91 Å². The smallest absolute Gasteiger partial charge is 0.291 e. The number of nitrogens with zero attached hydrogens (tertiary/aromatic N) is 1. The summed E-state index contributed by atoms with van der Waals surface area (Å²) in [5.74, 6) is -0.577. The summed E-state index contributed by atoms with van der Waals surface area (Å²) in [6.07, 6.45) is 1.86. The van der Waals surface area contributed by atoms with E-state index < -0.39 is 29.0 Å². The van der Waals surface area contributed by atoms with E-state index in [0.29, 0.717) is 29.2 Å². The molecule has 0 spiro atoms. The first-order chi connectivity index (χ1) is 17.9. The largest absolute Gasteiger partial charge is 0.493 e. The van der Waals surface area contributed by atoms with E-state index in [1.807, 2.05) is 0 Å². The average molecular weight is 506 g/mol. The molecule has 2 heterocycles. The van der Waals surface area contributed by atoms with E-state index >= 15 is 0 Å². The van der Waals surface area contributed by atoms with Crippen LogP contribution in [0.15, 0.2) is 69.9 Å². The Morgan fingerprint density at radius 2 is 1.70 bits per heavy atom. The topological polar surface area (TPSA) is 69.0 Å². The van der Waals surface area contributed by atoms with Crippen LogP contribution in [-0.2, 0) is 6.54 Å². The zero-order valence-electron chi connectivity index (χ0n) is 20.4. The summed E-state index contributed by atoms with van der Waals surface area (Å²) < 4.78 is 44.8. The van der Waals surface area contributed by atoms with Gasteiger partial charge in [-0.1, -0.05) is 31.5 Å². The fourth-order valence-corrected chi connectivity index (χ4v) is 4.59. The monoisotopic (exact) mass is 505 g/mol. The predicted molar refractivity (Wildman–Crippen MR) is 134 cm³/mol. The maximum Gasteiger partial charge on any atom is 0.291 e. The SMILES string of the molecule is CCCCOc1ccc(C2c3c(oc4ccc(F)cc4c3=O)C(=O)N2Cc2ccc(F)cc2)cc1OC. The van der Waals surface area contributed by atoms with Crippen LogP contribution in [0.4, 0.5) is 8.78 Å². The van der Waals surface area contributed by atoms with Crippen molar-refractivity contribution in [1.82, 2.24) is 4.90 Å². The number of benzene rings is 3. The summed E-state index contributed by atoms with van der Waals surface area (Å²) in [7, 11) is 1.51. The molecule has 0 saturated carbocycles. The highest BCUT2D eigenvalue weighted by Gasteiger charge is 2.43. The summed E-state index contributed by atoms with van der Waals surface area (Å²) >= 11 is 0. The van der Waals surface area contributed by atoms with Crippen LogP contribution in [0, 0.1) is 11.6 Å². The summed E-state index contributed by atoms with van der Waals surface area (Å²) in [6.45, 7) is 2.68. The Kier molecular flexibility index (Phi) is 6.65. The molecular formula is C29H25F2NO5. The van der Waals surface area contributed by atoms with Crippen molar-refractivity contribution in [3.8, 4) is 11.5 Å². The molecule has 6 nitrogen and oxygen atoms in total. The molecule has 8 heteroatoms. The fourth-order valence-electron chi connectivity index (χ4n) is 4.59. The molecule has 1 aromatic heterocycles. The molecule has 190 valence electrons. The van der Waals surface area contributed by atoms with Gasteiger partial charge in [0.05, 0.1) is 30.7 Å². The third-order valence-electron chi connectivity index (χ3n) is 6.45. The van der Waals surface area contributed by atoms with E-state index in [0.717, 1.165) is 18.9 Å². The molecule has 1 amide bonds. The minimum atomic E-state index is -0.838. The number of fused-ring (bicyclic) bond motifs is 2. The van der Waals surface area contributed by atoms with Gasteiger partial charge in [-0.3, -0.25) is 9.59 Å². The Labute approximate surface area is 212 Å². The van der Waals surface area contributed by atoms with Gasteiger partial charge in [0.1, 0.15) is 17.2 Å². The van der Waals surface area contributed by atoms with E-state index in [2.05, 4.69) is 6.92 Å². The predicted octanol–water partition coefficient (Wildman–Crippen LogP) is 6.00. The highest BCUT2D eigenvalue weighted by Crippen LogP contribution is 2.41. The zero-order chi connectivity index (χ0) is 26.1. The number of rotatable bonds is 8. The fraction of sp³-hybridized carbons (Fsp3) is 0.241. The number of carbonyl (C=O) groups is 1. The zero-order valence-corrected chi connectivity index (χ0v) is 20.4. The molecule has 1 atom stereocenters. The maximum absolute atomic E-state index is 14.0. The van der Waals surface area contributed by atoms with E-state index in [1.54, 1.807) is 30.3 Å². The second-order valence-electron chi connectivity index (χ2n) is 8.89. The van der Waals surface area contributed by atoms with E-state index in [1.165, 1.54) is 36.3 Å². The third kappa shape index (κ3) is 4.55. The van der Waals surface area contributed by atoms with Crippen molar-refractivity contribution in [2.24, 2.45) is 0 Å². The summed E-state index contributed by atoms with van der Waals surface area (Å²) in [6, 6.07) is 13.8. The van der Waals surface area contributed by atoms with Crippen LogP contribution in [0.25, 0.3) is 11.0 Å². The standard InChI is InChI=1S/C29H25F2NO5/c1-3-4-13-36-23-11-7-18(14-24(23)35-2)26-25-27(33)21-15-20(31)10-12-22(21)37-28(25)29(34)32(26)16-17-5-8-19(30)9-6-17/h5-12,14-15,26H,3-4,13,16H2,1-2H3. The first-order valence-electron chi connectivity index (χ1n) is 12.0. The van der Waals surface area contributed by atoms with Crippen LogP contribution < -0.4 is 14.9 Å². The normalized spacial score (nSPS) is 14.8. The highest BCUT2D eigenvalue weighted by molar-refractivity contribution is 5.99. The Bertz CT molecular complexity index is 1530. The first kappa shape index (κ1) is 24.5. The number of methoxy groups -OCH3 is 1. The quantitative estimate of drug-likeness (QED) is 0.275. The van der Waals surface area contributed by atoms with Crippen molar-refractivity contribution in [2.75, 3.05) is 13.7 Å². The molecule has 3 aromatic carbocycles. The van der Waals surface area contributed by atoms with Crippen molar-refractivity contribution in [3.05, 3.63) is 105 Å². The number of halogens is 2. The van der Waals surface area contributed by atoms with Crippen LogP contribution in [0.3, 0.4) is 0 Å². The lowest BCUT2D eigenvalue weighted by Crippen LogP contribution is -2.29. The lowest BCUT2D eigenvalue weighted by molar-refractivity contribution is 0.0714. The summed E-state index contributed by atoms with van der Waals surface area (Å²) in [5, 5.41) is 0.0478. The Balaban J connectivity index is 1.66. The Hall–Kier alpha value is -4.20. The minimum Gasteiger partial charge on any atom is -0.493 e. The van der Waals surface area contributed by atoms with E-state index in [-0.39, 0.29) is 28.8 Å². The molecule has 0 aliphatic carbocycles. The second-order valence-corrected chi connectivity index (χ2v) is 8.89. The van der Waals surface area contributed by atoms with Crippen molar-refractivity contribution in [1.29, 1.82) is 0 Å². The molecule has 1 aliphatic rings. The molecule has 0 radical (unpaired) electrons. The second kappa shape index (κ2) is 10.0. The van der Waals surface area contributed by atoms with Gasteiger partial charge in [-0.05, 0) is 60.0 Å². The molecule has 1 unspecified atom stereocenters. The molecular weight excluding hydrogens is 480 g/mol. The van der Waals surface area contributed by atoms with Crippen molar-refractivity contribution in [2.45, 2.75) is 32.4 Å². The van der Waals surface area contributed by atoms with E-state index in [4.69, 9.17) is 13.9 Å². The van der Waals surface area contributed by atoms with Crippen LogP contribution in [-0.4, -0.2) is 24.5 Å². The number of amides is 1. The van der Waals surface area contributed by atoms with Crippen molar-refractivity contribution >= 4 is 16.9 Å². The molecule has 0 N–H and O–H groups in total. The average Bonchev–Trinajstić information content (AvgIpc) is 3.17. The number of ether oxygens (including phenoxy) is 2. The van der Waals surface area contributed by atoms with Gasteiger partial charge >= 0.3 is 0 Å². The first-order valence-corrected chi connectivity index (χ1v) is 12.0. The molecule has 0 fully saturated rings. The van der Waals surface area contributed by atoms with Gasteiger partial charge in [-0.25, -0.2) is 8.78 Å². The highest BCUT2D eigenvalue weighted by atomic mass is 19.1. The van der Waals surface area contributed by atoms with Gasteiger partial charge in [0, 0.05) is 6.54 Å². The van der Waals surface area contributed by atoms with Crippen molar-refractivity contribution in [3.63, 3.8) is 0 Å².